The maximum atomic E-state index is 12.7. The fourth-order valence-electron chi connectivity index (χ4n) is 3.51. The van der Waals surface area contributed by atoms with Gasteiger partial charge in [0.1, 0.15) is 12.3 Å². The van der Waals surface area contributed by atoms with E-state index in [4.69, 9.17) is 4.74 Å². The number of ether oxygens (including phenoxy) is 1. The van der Waals surface area contributed by atoms with Crippen molar-refractivity contribution in [2.24, 2.45) is 0 Å². The van der Waals surface area contributed by atoms with Crippen molar-refractivity contribution in [1.29, 1.82) is 0 Å². The van der Waals surface area contributed by atoms with Gasteiger partial charge in [-0.25, -0.2) is 4.79 Å². The number of esters is 1. The van der Waals surface area contributed by atoms with E-state index in [0.29, 0.717) is 23.2 Å². The summed E-state index contributed by atoms with van der Waals surface area (Å²) < 4.78 is 5.11. The molecule has 0 fully saturated rings. The molecule has 0 saturated carbocycles. The van der Waals surface area contributed by atoms with Crippen LogP contribution < -0.4 is 0 Å². The van der Waals surface area contributed by atoms with E-state index in [9.17, 15) is 9.59 Å². The fourth-order valence-corrected chi connectivity index (χ4v) is 3.51. The third kappa shape index (κ3) is 3.29. The number of H-pyrrole nitrogens is 1. The number of aromatic amines is 1. The van der Waals surface area contributed by atoms with Crippen LogP contribution in [0.15, 0.2) is 36.9 Å². The molecule has 1 heterocycles. The predicted octanol–water partition coefficient (Wildman–Crippen LogP) is 4.14. The Morgan fingerprint density at radius 3 is 2.68 bits per heavy atom. The van der Waals surface area contributed by atoms with Gasteiger partial charge in [0.25, 0.3) is 0 Å². The second-order valence-electron chi connectivity index (χ2n) is 6.49. The van der Waals surface area contributed by atoms with Crippen molar-refractivity contribution in [2.75, 3.05) is 6.61 Å². The van der Waals surface area contributed by atoms with Crippen LogP contribution in [0.3, 0.4) is 0 Å². The monoisotopic (exact) mass is 337 g/mol. The zero-order chi connectivity index (χ0) is 18.0. The van der Waals surface area contributed by atoms with Crippen LogP contribution >= 0.6 is 0 Å². The maximum absolute atomic E-state index is 12.7. The third-order valence-corrected chi connectivity index (χ3v) is 4.88. The second kappa shape index (κ2) is 7.09. The number of carbonyl (C=O) groups excluding carboxylic acids is 2. The molecule has 1 aliphatic carbocycles. The number of fused-ring (bicyclic) bond motifs is 1. The normalized spacial score (nSPS) is 16.4. The van der Waals surface area contributed by atoms with Crippen LogP contribution in [-0.4, -0.2) is 23.3 Å². The Balaban J connectivity index is 1.88. The first kappa shape index (κ1) is 17.2. The van der Waals surface area contributed by atoms with Gasteiger partial charge in [0.05, 0.1) is 0 Å². The molecule has 1 N–H and O–H groups in total. The lowest BCUT2D eigenvalue weighted by molar-refractivity contribution is 0.0542. The van der Waals surface area contributed by atoms with Crippen LogP contribution in [0.5, 0.6) is 0 Å². The molecule has 0 spiro atoms. The van der Waals surface area contributed by atoms with Crippen molar-refractivity contribution in [3.05, 3.63) is 70.6 Å². The summed E-state index contributed by atoms with van der Waals surface area (Å²) in [6.07, 6.45) is 3.72. The summed E-state index contributed by atoms with van der Waals surface area (Å²) in [6.45, 7) is 7.62. The molecule has 4 nitrogen and oxygen atoms in total. The van der Waals surface area contributed by atoms with Crippen molar-refractivity contribution < 1.29 is 14.3 Å². The number of nitrogens with one attached hydrogen (secondary N) is 1. The number of rotatable bonds is 5. The summed E-state index contributed by atoms with van der Waals surface area (Å²) in [4.78, 5) is 28.0. The lowest BCUT2D eigenvalue weighted by Crippen LogP contribution is -2.18. The largest absolute Gasteiger partial charge is 0.457 e. The molecule has 130 valence electrons. The highest BCUT2D eigenvalue weighted by Crippen LogP contribution is 2.35. The van der Waals surface area contributed by atoms with Crippen molar-refractivity contribution in [3.63, 3.8) is 0 Å². The van der Waals surface area contributed by atoms with Crippen LogP contribution in [0.1, 0.15) is 62.5 Å². The summed E-state index contributed by atoms with van der Waals surface area (Å²) >= 11 is 0. The van der Waals surface area contributed by atoms with Crippen LogP contribution in [0, 0.1) is 6.92 Å². The van der Waals surface area contributed by atoms with E-state index in [1.165, 1.54) is 17.2 Å². The zero-order valence-corrected chi connectivity index (χ0v) is 14.7. The Kier molecular flexibility index (Phi) is 4.88. The van der Waals surface area contributed by atoms with Crippen molar-refractivity contribution in [1.82, 2.24) is 4.98 Å². The highest BCUT2D eigenvalue weighted by Gasteiger charge is 2.32. The van der Waals surface area contributed by atoms with Crippen LogP contribution in [0.25, 0.3) is 0 Å². The molecule has 1 aromatic heterocycles. The average Bonchev–Trinajstić information content (AvgIpc) is 2.97. The first-order chi connectivity index (χ1) is 12.0. The topological polar surface area (TPSA) is 59.2 Å². The lowest BCUT2D eigenvalue weighted by atomic mass is 9.81. The molecule has 1 aromatic carbocycles. The molecule has 0 radical (unpaired) electrons. The van der Waals surface area contributed by atoms with Gasteiger partial charge in [-0.3, -0.25) is 4.79 Å². The molecule has 1 aliphatic rings. The molecule has 2 aromatic rings. The summed E-state index contributed by atoms with van der Waals surface area (Å²) in [7, 11) is 0. The van der Waals surface area contributed by atoms with Gasteiger partial charge in [0.2, 0.25) is 0 Å². The SMILES string of the molecule is C=CCOC(=O)c1[nH]c2c(c1C)C(=O)C[C@H](c1ccc(CC)cc1)C2. The van der Waals surface area contributed by atoms with Gasteiger partial charge in [0.15, 0.2) is 5.78 Å². The number of aryl methyl sites for hydroxylation is 1. The summed E-state index contributed by atoms with van der Waals surface area (Å²) in [6, 6.07) is 8.45. The molecule has 0 saturated heterocycles. The summed E-state index contributed by atoms with van der Waals surface area (Å²) in [5.74, 6) is -0.216. The molecular formula is C21H23NO3. The smallest absolute Gasteiger partial charge is 0.355 e. The van der Waals surface area contributed by atoms with Crippen LogP contribution in [-0.2, 0) is 17.6 Å². The van der Waals surface area contributed by atoms with E-state index in [0.717, 1.165) is 18.5 Å². The Morgan fingerprint density at radius 2 is 2.04 bits per heavy atom. The quantitative estimate of drug-likeness (QED) is 0.659. The van der Waals surface area contributed by atoms with Gasteiger partial charge in [-0.1, -0.05) is 43.8 Å². The van der Waals surface area contributed by atoms with Crippen molar-refractivity contribution in [2.45, 2.75) is 39.0 Å². The number of carbonyl (C=O) groups is 2. The number of aromatic nitrogens is 1. The number of benzene rings is 1. The van der Waals surface area contributed by atoms with E-state index >= 15 is 0 Å². The third-order valence-electron chi connectivity index (χ3n) is 4.88. The number of hydrogen-bond donors (Lipinski definition) is 1. The lowest BCUT2D eigenvalue weighted by Gasteiger charge is -2.22. The van der Waals surface area contributed by atoms with E-state index in [-0.39, 0.29) is 18.3 Å². The molecule has 0 amide bonds. The first-order valence-electron chi connectivity index (χ1n) is 8.66. The standard InChI is InChI=1S/C21H23NO3/c1-4-10-25-21(24)20-13(3)19-17(22-20)11-16(12-18(19)23)15-8-6-14(5-2)7-9-15/h4,6-9,16,22H,1,5,10-12H2,2-3H3/t16-/m1/s1. The molecule has 0 aliphatic heterocycles. The van der Waals surface area contributed by atoms with Crippen molar-refractivity contribution in [3.8, 4) is 0 Å². The minimum Gasteiger partial charge on any atom is -0.457 e. The van der Waals surface area contributed by atoms with Crippen LogP contribution in [0.4, 0.5) is 0 Å². The van der Waals surface area contributed by atoms with Crippen LogP contribution in [0.2, 0.25) is 0 Å². The maximum Gasteiger partial charge on any atom is 0.355 e. The Morgan fingerprint density at radius 1 is 1.32 bits per heavy atom. The molecule has 4 heteroatoms. The summed E-state index contributed by atoms with van der Waals surface area (Å²) in [5, 5.41) is 0. The minimum absolute atomic E-state index is 0.0855. The molecule has 1 atom stereocenters. The molecule has 0 unspecified atom stereocenters. The predicted molar refractivity (Wildman–Crippen MR) is 97.2 cm³/mol. The average molecular weight is 337 g/mol. The molecule has 3 rings (SSSR count). The van der Waals surface area contributed by atoms with Gasteiger partial charge < -0.3 is 9.72 Å². The zero-order valence-electron chi connectivity index (χ0n) is 14.7. The van der Waals surface area contributed by atoms with E-state index in [2.05, 4.69) is 42.8 Å². The minimum atomic E-state index is -0.441. The van der Waals surface area contributed by atoms with E-state index in [1.54, 1.807) is 6.92 Å². The second-order valence-corrected chi connectivity index (χ2v) is 6.49. The number of hydrogen-bond acceptors (Lipinski definition) is 3. The Hall–Kier alpha value is -2.62. The number of ketones is 1. The van der Waals surface area contributed by atoms with Gasteiger partial charge in [-0.2, -0.15) is 0 Å². The Labute approximate surface area is 147 Å². The van der Waals surface area contributed by atoms with Gasteiger partial charge in [0, 0.05) is 17.7 Å². The highest BCUT2D eigenvalue weighted by molar-refractivity contribution is 6.03. The summed E-state index contributed by atoms with van der Waals surface area (Å²) in [5.41, 5.74) is 5.01. The molecule has 25 heavy (non-hydrogen) atoms. The van der Waals surface area contributed by atoms with Crippen molar-refractivity contribution >= 4 is 11.8 Å². The molecular weight excluding hydrogens is 314 g/mol. The van der Waals surface area contributed by atoms with Gasteiger partial charge in [-0.15, -0.1) is 0 Å². The number of Topliss-reactive ketones (excluding diaryl/α,β-unsaturated/α-hetero) is 1. The van der Waals surface area contributed by atoms with E-state index in [1.807, 2.05) is 0 Å². The molecule has 0 bridgehead atoms. The first-order valence-corrected chi connectivity index (χ1v) is 8.66. The van der Waals surface area contributed by atoms with E-state index < -0.39 is 5.97 Å². The van der Waals surface area contributed by atoms with Gasteiger partial charge in [-0.05, 0) is 42.4 Å². The van der Waals surface area contributed by atoms with Gasteiger partial charge >= 0.3 is 5.97 Å². The highest BCUT2D eigenvalue weighted by atomic mass is 16.5. The fraction of sp³-hybridized carbons (Fsp3) is 0.333. The Bertz CT molecular complexity index is 814.